The summed E-state index contributed by atoms with van der Waals surface area (Å²) in [5, 5.41) is 11.3. The molecule has 2 nitrogen and oxygen atoms in total. The van der Waals surface area contributed by atoms with Crippen LogP contribution in [0.5, 0.6) is 0 Å². The normalized spacial score (nSPS) is 12.1. The quantitative estimate of drug-likeness (QED) is 0.842. The van der Waals surface area contributed by atoms with Crippen LogP contribution in [0.1, 0.15) is 10.4 Å². The van der Waals surface area contributed by atoms with Crippen molar-refractivity contribution in [3.05, 3.63) is 60.2 Å². The van der Waals surface area contributed by atoms with E-state index in [2.05, 4.69) is 6.66 Å². The van der Waals surface area contributed by atoms with Crippen LogP contribution in [-0.4, -0.2) is 17.7 Å². The van der Waals surface area contributed by atoms with E-state index in [1.165, 1.54) is 5.30 Å². The first-order valence-electron chi connectivity index (χ1n) is 5.31. The Morgan fingerprint density at radius 1 is 1.00 bits per heavy atom. The maximum Gasteiger partial charge on any atom is 0.336 e. The standard InChI is InChI=1S/C14H13O2P/c1-17(11-7-3-2-4-8-11)13-10-6-5-9-12(13)14(15)16/h2-10H,1H3,(H,15,16). The minimum absolute atomic E-state index is 0.407. The Morgan fingerprint density at radius 3 is 2.24 bits per heavy atom. The minimum atomic E-state index is -0.856. The molecule has 0 spiro atoms. The molecule has 86 valence electrons. The number of hydrogen-bond donors (Lipinski definition) is 1. The van der Waals surface area contributed by atoms with Gasteiger partial charge in [-0.05, 0) is 31.3 Å². The van der Waals surface area contributed by atoms with Gasteiger partial charge in [-0.15, -0.1) is 0 Å². The molecule has 0 saturated heterocycles. The second-order valence-electron chi connectivity index (χ2n) is 3.72. The Hall–Kier alpha value is -1.66. The Labute approximate surface area is 102 Å². The van der Waals surface area contributed by atoms with Crippen LogP contribution < -0.4 is 10.6 Å². The van der Waals surface area contributed by atoms with Crippen LogP contribution in [0, 0.1) is 0 Å². The molecule has 0 heterocycles. The predicted molar refractivity (Wildman–Crippen MR) is 72.0 cm³/mol. The summed E-state index contributed by atoms with van der Waals surface area (Å²) in [6.07, 6.45) is 0. The molecule has 2 aromatic rings. The molecule has 0 bridgehead atoms. The van der Waals surface area contributed by atoms with Crippen molar-refractivity contribution in [2.45, 2.75) is 0 Å². The van der Waals surface area contributed by atoms with Crippen LogP contribution in [0.4, 0.5) is 0 Å². The van der Waals surface area contributed by atoms with Gasteiger partial charge in [-0.1, -0.05) is 48.5 Å². The summed E-state index contributed by atoms with van der Waals surface area (Å²) in [4.78, 5) is 11.2. The Morgan fingerprint density at radius 2 is 1.59 bits per heavy atom. The van der Waals surface area contributed by atoms with Gasteiger partial charge in [0.25, 0.3) is 0 Å². The molecule has 1 atom stereocenters. The molecule has 1 unspecified atom stereocenters. The second kappa shape index (κ2) is 5.11. The molecule has 1 N–H and O–H groups in total. The molecule has 0 aromatic heterocycles. The topological polar surface area (TPSA) is 37.3 Å². The van der Waals surface area contributed by atoms with Gasteiger partial charge >= 0.3 is 5.97 Å². The van der Waals surface area contributed by atoms with Gasteiger partial charge in [0.1, 0.15) is 0 Å². The molecule has 0 aliphatic heterocycles. The highest BCUT2D eigenvalue weighted by Gasteiger charge is 2.15. The maximum atomic E-state index is 11.2. The van der Waals surface area contributed by atoms with Crippen molar-refractivity contribution in [2.24, 2.45) is 0 Å². The van der Waals surface area contributed by atoms with Crippen molar-refractivity contribution in [3.63, 3.8) is 0 Å². The first-order valence-corrected chi connectivity index (χ1v) is 7.10. The van der Waals surface area contributed by atoms with Crippen LogP contribution in [0.25, 0.3) is 0 Å². The molecular formula is C14H13O2P. The van der Waals surface area contributed by atoms with Gasteiger partial charge in [-0.3, -0.25) is 0 Å². The van der Waals surface area contributed by atoms with Crippen molar-refractivity contribution in [3.8, 4) is 0 Å². The van der Waals surface area contributed by atoms with Gasteiger partial charge in [-0.2, -0.15) is 0 Å². The highest BCUT2D eigenvalue weighted by atomic mass is 31.1. The van der Waals surface area contributed by atoms with Gasteiger partial charge in [0.15, 0.2) is 0 Å². The number of hydrogen-bond acceptors (Lipinski definition) is 1. The van der Waals surface area contributed by atoms with Crippen molar-refractivity contribution in [1.82, 2.24) is 0 Å². The summed E-state index contributed by atoms with van der Waals surface area (Å²) in [5.41, 5.74) is 0.407. The van der Waals surface area contributed by atoms with Gasteiger partial charge in [0.2, 0.25) is 0 Å². The van der Waals surface area contributed by atoms with Crippen LogP contribution in [0.2, 0.25) is 0 Å². The van der Waals surface area contributed by atoms with E-state index in [1.54, 1.807) is 12.1 Å². The summed E-state index contributed by atoms with van der Waals surface area (Å²) in [6.45, 7) is 2.09. The number of carboxylic acid groups (broad SMARTS) is 1. The maximum absolute atomic E-state index is 11.2. The fraction of sp³-hybridized carbons (Fsp3) is 0.0714. The SMILES string of the molecule is CP(c1ccccc1)c1ccccc1C(=O)O. The van der Waals surface area contributed by atoms with E-state index >= 15 is 0 Å². The Bertz CT molecular complexity index is 523. The zero-order chi connectivity index (χ0) is 12.3. The third kappa shape index (κ3) is 2.54. The van der Waals surface area contributed by atoms with E-state index in [0.29, 0.717) is 5.56 Å². The molecule has 0 saturated carbocycles. The highest BCUT2D eigenvalue weighted by molar-refractivity contribution is 7.72. The molecule has 0 aliphatic rings. The number of carbonyl (C=O) groups is 1. The first kappa shape index (κ1) is 11.8. The van der Waals surface area contributed by atoms with Crippen LogP contribution >= 0.6 is 7.92 Å². The molecule has 0 fully saturated rings. The van der Waals surface area contributed by atoms with Crippen molar-refractivity contribution in [2.75, 3.05) is 6.66 Å². The van der Waals surface area contributed by atoms with Crippen molar-refractivity contribution >= 4 is 24.5 Å². The van der Waals surface area contributed by atoms with Gasteiger partial charge in [-0.25, -0.2) is 4.79 Å². The van der Waals surface area contributed by atoms with E-state index in [-0.39, 0.29) is 0 Å². The molecule has 0 aliphatic carbocycles. The van der Waals surface area contributed by atoms with E-state index in [4.69, 9.17) is 0 Å². The lowest BCUT2D eigenvalue weighted by molar-refractivity contribution is 0.0698. The fourth-order valence-electron chi connectivity index (χ4n) is 1.74. The number of aromatic carboxylic acids is 1. The number of benzene rings is 2. The minimum Gasteiger partial charge on any atom is -0.478 e. The predicted octanol–water partition coefficient (Wildman–Crippen LogP) is 2.45. The molecular weight excluding hydrogens is 231 g/mol. The average Bonchev–Trinajstić information content (AvgIpc) is 2.39. The molecule has 0 amide bonds. The molecule has 3 heteroatoms. The summed E-state index contributed by atoms with van der Waals surface area (Å²) in [5.74, 6) is -0.856. The van der Waals surface area contributed by atoms with E-state index in [9.17, 15) is 9.90 Å². The number of rotatable bonds is 3. The van der Waals surface area contributed by atoms with Crippen molar-refractivity contribution < 1.29 is 9.90 Å². The van der Waals surface area contributed by atoms with E-state index in [0.717, 1.165) is 5.30 Å². The van der Waals surface area contributed by atoms with E-state index < -0.39 is 13.9 Å². The number of carboxylic acids is 1. The fourth-order valence-corrected chi connectivity index (χ4v) is 3.48. The third-order valence-electron chi connectivity index (χ3n) is 2.64. The molecule has 2 rings (SSSR count). The van der Waals surface area contributed by atoms with Crippen LogP contribution in [0.3, 0.4) is 0 Å². The monoisotopic (exact) mass is 244 g/mol. The summed E-state index contributed by atoms with van der Waals surface area (Å²) >= 11 is 0. The molecule has 0 radical (unpaired) electrons. The second-order valence-corrected chi connectivity index (χ2v) is 5.83. The molecule has 17 heavy (non-hydrogen) atoms. The highest BCUT2D eigenvalue weighted by Crippen LogP contribution is 2.29. The lowest BCUT2D eigenvalue weighted by atomic mass is 10.2. The molecule has 2 aromatic carbocycles. The lowest BCUT2D eigenvalue weighted by Crippen LogP contribution is -2.18. The van der Waals surface area contributed by atoms with Crippen molar-refractivity contribution in [1.29, 1.82) is 0 Å². The van der Waals surface area contributed by atoms with Crippen LogP contribution in [0.15, 0.2) is 54.6 Å². The zero-order valence-corrected chi connectivity index (χ0v) is 10.4. The van der Waals surface area contributed by atoms with Crippen LogP contribution in [-0.2, 0) is 0 Å². The van der Waals surface area contributed by atoms with Gasteiger partial charge < -0.3 is 5.11 Å². The summed E-state index contributed by atoms with van der Waals surface area (Å²) in [6, 6.07) is 17.3. The lowest BCUT2D eigenvalue weighted by Gasteiger charge is -2.15. The summed E-state index contributed by atoms with van der Waals surface area (Å²) in [7, 11) is -0.605. The van der Waals surface area contributed by atoms with Gasteiger partial charge in [0, 0.05) is 0 Å². The third-order valence-corrected chi connectivity index (χ3v) is 4.82. The summed E-state index contributed by atoms with van der Waals surface area (Å²) < 4.78 is 0. The Kier molecular flexibility index (Phi) is 3.55. The largest absolute Gasteiger partial charge is 0.478 e. The van der Waals surface area contributed by atoms with Gasteiger partial charge in [0.05, 0.1) is 5.56 Å². The Balaban J connectivity index is 2.44. The first-order chi connectivity index (χ1) is 8.20. The zero-order valence-electron chi connectivity index (χ0n) is 9.50. The average molecular weight is 244 g/mol. The smallest absolute Gasteiger partial charge is 0.336 e. The van der Waals surface area contributed by atoms with E-state index in [1.807, 2.05) is 42.5 Å².